The number of ether oxygens (including phenoxy) is 1. The van der Waals surface area contributed by atoms with Gasteiger partial charge >= 0.3 is 6.18 Å². The highest BCUT2D eigenvalue weighted by Crippen LogP contribution is 2.39. The molecule has 2 aromatic carbocycles. The van der Waals surface area contributed by atoms with Crippen molar-refractivity contribution in [1.29, 1.82) is 0 Å². The van der Waals surface area contributed by atoms with Crippen LogP contribution in [0.2, 0.25) is 18.1 Å². The maximum Gasteiger partial charge on any atom is 0.433 e. The lowest BCUT2D eigenvalue weighted by Crippen LogP contribution is -2.52. The zero-order valence-corrected chi connectivity index (χ0v) is 22.2. The van der Waals surface area contributed by atoms with E-state index in [1.165, 1.54) is 10.2 Å². The van der Waals surface area contributed by atoms with Crippen LogP contribution >= 0.6 is 0 Å². The Hall–Kier alpha value is -2.54. The number of benzene rings is 2. The van der Waals surface area contributed by atoms with Crippen LogP contribution in [0.15, 0.2) is 48.5 Å². The van der Waals surface area contributed by atoms with Crippen molar-refractivity contribution in [3.05, 3.63) is 76.5 Å². The zero-order chi connectivity index (χ0) is 25.3. The lowest BCUT2D eigenvalue weighted by molar-refractivity contribution is -0.144. The molecular formula is C27H35F3N2OSi. The molecule has 1 heterocycles. The highest BCUT2D eigenvalue weighted by Gasteiger charge is 2.46. The first-order valence-corrected chi connectivity index (χ1v) is 14.7. The van der Waals surface area contributed by atoms with Crippen LogP contribution in [0, 0.1) is 0 Å². The first-order chi connectivity index (χ1) is 15.8. The number of aryl methyl sites for hydroxylation is 1. The third kappa shape index (κ3) is 5.40. The monoisotopic (exact) mass is 488 g/mol. The second-order valence-electron chi connectivity index (χ2n) is 10.4. The van der Waals surface area contributed by atoms with Gasteiger partial charge in [0.15, 0.2) is 0 Å². The third-order valence-electron chi connectivity index (χ3n) is 7.09. The summed E-state index contributed by atoms with van der Waals surface area (Å²) in [6.07, 6.45) is -3.41. The van der Waals surface area contributed by atoms with Gasteiger partial charge in [-0.3, -0.25) is 4.68 Å². The van der Waals surface area contributed by atoms with Crippen LogP contribution in [0.4, 0.5) is 13.2 Å². The minimum Gasteiger partial charge on any atom is -0.497 e. The molecule has 0 bridgehead atoms. The predicted molar refractivity (Wildman–Crippen MR) is 135 cm³/mol. The van der Waals surface area contributed by atoms with Gasteiger partial charge in [0.2, 0.25) is 0 Å². The van der Waals surface area contributed by atoms with Crippen molar-refractivity contribution in [3.8, 4) is 5.75 Å². The number of hydrogen-bond acceptors (Lipinski definition) is 2. The van der Waals surface area contributed by atoms with Gasteiger partial charge in [-0.1, -0.05) is 77.2 Å². The van der Waals surface area contributed by atoms with E-state index in [0.717, 1.165) is 17.5 Å². The Bertz CT molecular complexity index is 1110. The molecule has 184 valence electrons. The van der Waals surface area contributed by atoms with E-state index in [-0.39, 0.29) is 18.0 Å². The minimum atomic E-state index is -4.52. The maximum absolute atomic E-state index is 14.6. The molecule has 0 spiro atoms. The smallest absolute Gasteiger partial charge is 0.433 e. The van der Waals surface area contributed by atoms with Gasteiger partial charge in [0.25, 0.3) is 0 Å². The topological polar surface area (TPSA) is 27.1 Å². The van der Waals surface area contributed by atoms with E-state index in [2.05, 4.69) is 40.8 Å². The van der Waals surface area contributed by atoms with Crippen molar-refractivity contribution in [2.24, 2.45) is 0 Å². The third-order valence-corrected chi connectivity index (χ3v) is 12.4. The van der Waals surface area contributed by atoms with Gasteiger partial charge in [0, 0.05) is 17.3 Å². The molecular weight excluding hydrogens is 453 g/mol. The fraction of sp³-hybridized carbons (Fsp3) is 0.444. The molecule has 0 fully saturated rings. The fourth-order valence-electron chi connectivity index (χ4n) is 3.96. The molecule has 0 unspecified atom stereocenters. The summed E-state index contributed by atoms with van der Waals surface area (Å²) in [7, 11) is -0.806. The summed E-state index contributed by atoms with van der Waals surface area (Å²) in [5.74, 6) is 0.665. The molecule has 7 heteroatoms. The second kappa shape index (κ2) is 9.60. The number of aromatic nitrogens is 2. The van der Waals surface area contributed by atoms with Gasteiger partial charge in [-0.25, -0.2) is 0 Å². The SMILES string of the molecule is CCc1ccc(Cc2c([Si](C)(C)C(C)(C)C)nn(Cc3ccc(OC)cc3)c2C(F)(F)F)cc1. The van der Waals surface area contributed by atoms with E-state index in [4.69, 9.17) is 9.84 Å². The number of halogens is 3. The van der Waals surface area contributed by atoms with E-state index in [1.54, 1.807) is 31.4 Å². The van der Waals surface area contributed by atoms with Crippen molar-refractivity contribution in [2.75, 3.05) is 7.11 Å². The Morgan fingerprint density at radius 1 is 0.882 bits per heavy atom. The second-order valence-corrected chi connectivity index (χ2v) is 15.6. The van der Waals surface area contributed by atoms with Crippen molar-refractivity contribution >= 4 is 13.4 Å². The van der Waals surface area contributed by atoms with E-state index in [0.29, 0.717) is 16.6 Å². The predicted octanol–water partition coefficient (Wildman–Crippen LogP) is 6.83. The first-order valence-electron chi connectivity index (χ1n) is 11.7. The van der Waals surface area contributed by atoms with Gasteiger partial charge < -0.3 is 4.74 Å². The molecule has 0 N–H and O–H groups in total. The molecule has 34 heavy (non-hydrogen) atoms. The zero-order valence-electron chi connectivity index (χ0n) is 21.2. The van der Waals surface area contributed by atoms with Crippen molar-refractivity contribution in [3.63, 3.8) is 0 Å². The number of rotatable bonds is 7. The van der Waals surface area contributed by atoms with Gasteiger partial charge in [-0.15, -0.1) is 0 Å². The largest absolute Gasteiger partial charge is 0.497 e. The number of methoxy groups -OCH3 is 1. The molecule has 3 aromatic rings. The molecule has 0 aliphatic rings. The average Bonchev–Trinajstić information content (AvgIpc) is 3.12. The number of alkyl halides is 3. The average molecular weight is 489 g/mol. The Labute approximate surface area is 202 Å². The maximum atomic E-state index is 14.6. The number of nitrogens with zero attached hydrogens (tertiary/aromatic N) is 2. The Morgan fingerprint density at radius 2 is 1.41 bits per heavy atom. The van der Waals surface area contributed by atoms with Gasteiger partial charge in [-0.2, -0.15) is 18.3 Å². The highest BCUT2D eigenvalue weighted by molar-refractivity contribution is 6.91. The molecule has 0 saturated heterocycles. The molecule has 0 saturated carbocycles. The van der Waals surface area contributed by atoms with Crippen LogP contribution in [0.3, 0.4) is 0 Å². The van der Waals surface area contributed by atoms with Gasteiger partial charge in [-0.05, 0) is 40.3 Å². The van der Waals surface area contributed by atoms with Crippen LogP contribution in [-0.2, 0) is 25.6 Å². The normalized spacial score (nSPS) is 12.8. The Morgan fingerprint density at radius 3 is 1.88 bits per heavy atom. The van der Waals surface area contributed by atoms with Gasteiger partial charge in [0.1, 0.15) is 19.5 Å². The Kier molecular flexibility index (Phi) is 7.36. The van der Waals surface area contributed by atoms with Crippen LogP contribution in [0.25, 0.3) is 0 Å². The molecule has 0 aliphatic heterocycles. The van der Waals surface area contributed by atoms with E-state index >= 15 is 0 Å². The molecule has 0 aliphatic carbocycles. The van der Waals surface area contributed by atoms with Crippen LogP contribution in [-0.4, -0.2) is 25.0 Å². The summed E-state index contributed by atoms with van der Waals surface area (Å²) in [5, 5.41) is 5.19. The summed E-state index contributed by atoms with van der Waals surface area (Å²) in [5.41, 5.74) is 2.46. The number of hydrogen-bond donors (Lipinski definition) is 0. The summed E-state index contributed by atoms with van der Waals surface area (Å²) in [6.45, 7) is 12.7. The molecule has 0 amide bonds. The first kappa shape index (κ1) is 26.1. The molecule has 3 rings (SSSR count). The van der Waals surface area contributed by atoms with Crippen molar-refractivity contribution in [2.45, 2.75) is 71.4 Å². The summed E-state index contributed by atoms with van der Waals surface area (Å²) in [6, 6.07) is 15.0. The van der Waals surface area contributed by atoms with Gasteiger partial charge in [0.05, 0.1) is 13.7 Å². The molecule has 0 atom stereocenters. The van der Waals surface area contributed by atoms with Crippen molar-refractivity contribution < 1.29 is 17.9 Å². The quantitative estimate of drug-likeness (QED) is 0.341. The Balaban J connectivity index is 2.19. The van der Waals surface area contributed by atoms with Crippen LogP contribution in [0.5, 0.6) is 5.75 Å². The molecule has 0 radical (unpaired) electrons. The molecule has 1 aromatic heterocycles. The highest BCUT2D eigenvalue weighted by atomic mass is 28.3. The standard InChI is InChI=1S/C27H35F3N2OSi/c1-8-19-9-11-20(12-10-19)17-23-24(27(28,29)30)32(18-21-13-15-22(33-5)16-14-21)31-25(23)34(6,7)26(2,3)4/h9-16H,8,17-18H2,1-7H3. The van der Waals surface area contributed by atoms with Crippen LogP contribution in [0.1, 0.15) is 55.6 Å². The lowest BCUT2D eigenvalue weighted by atomic mass is 10.0. The van der Waals surface area contributed by atoms with Crippen molar-refractivity contribution in [1.82, 2.24) is 9.78 Å². The summed E-state index contributed by atoms with van der Waals surface area (Å²) < 4.78 is 50.1. The molecule has 3 nitrogen and oxygen atoms in total. The van der Waals surface area contributed by atoms with E-state index in [1.807, 2.05) is 24.3 Å². The van der Waals surface area contributed by atoms with E-state index in [9.17, 15) is 13.2 Å². The van der Waals surface area contributed by atoms with E-state index < -0.39 is 19.9 Å². The lowest BCUT2D eigenvalue weighted by Gasteiger charge is -2.36. The minimum absolute atomic E-state index is 0.0508. The fourth-order valence-corrected chi connectivity index (χ4v) is 6.00. The van der Waals surface area contributed by atoms with Crippen LogP contribution < -0.4 is 10.1 Å². The summed E-state index contributed by atoms with van der Waals surface area (Å²) in [4.78, 5) is 0. The summed E-state index contributed by atoms with van der Waals surface area (Å²) >= 11 is 0.